The Kier molecular flexibility index (Phi) is 2.88. The van der Waals surface area contributed by atoms with Crippen LogP contribution in [0.1, 0.15) is 11.4 Å². The van der Waals surface area contributed by atoms with Crippen molar-refractivity contribution in [1.29, 1.82) is 0 Å². The quantitative estimate of drug-likeness (QED) is 0.815. The van der Waals surface area contributed by atoms with Crippen molar-refractivity contribution in [2.45, 2.75) is 24.0 Å². The van der Waals surface area contributed by atoms with Gasteiger partial charge in [-0.1, -0.05) is 11.6 Å². The van der Waals surface area contributed by atoms with Crippen LogP contribution >= 0.6 is 23.4 Å². The molecule has 0 aliphatic carbocycles. The van der Waals surface area contributed by atoms with Crippen LogP contribution < -0.4 is 0 Å². The average molecular weight is 242 g/mol. The van der Waals surface area contributed by atoms with Gasteiger partial charge in [-0.15, -0.1) is 0 Å². The molecule has 2 rings (SSSR count). The maximum absolute atomic E-state index is 5.95. The molecular weight excluding hydrogens is 234 g/mol. The minimum atomic E-state index is 0.476. The minimum absolute atomic E-state index is 0.476. The summed E-state index contributed by atoms with van der Waals surface area (Å²) in [6.07, 6.45) is 1.45. The molecule has 0 radical (unpaired) electrons. The highest BCUT2D eigenvalue weighted by molar-refractivity contribution is 7.99. The molecule has 0 aromatic carbocycles. The fraction of sp³-hybridized carbons (Fsp3) is 0.250. The predicted molar refractivity (Wildman–Crippen MR) is 57.0 cm³/mol. The summed E-state index contributed by atoms with van der Waals surface area (Å²) in [5.41, 5.74) is 0.851. The molecular formula is C8H8ClN5S. The maximum atomic E-state index is 5.95. The maximum Gasteiger partial charge on any atom is 0.189 e. The Morgan fingerprint density at radius 3 is 2.80 bits per heavy atom. The van der Waals surface area contributed by atoms with Crippen LogP contribution in [0, 0.1) is 13.8 Å². The van der Waals surface area contributed by atoms with Gasteiger partial charge >= 0.3 is 0 Å². The zero-order valence-electron chi connectivity index (χ0n) is 8.15. The van der Waals surface area contributed by atoms with Crippen LogP contribution in [0.25, 0.3) is 0 Å². The monoisotopic (exact) mass is 241 g/mol. The van der Waals surface area contributed by atoms with E-state index in [9.17, 15) is 0 Å². The van der Waals surface area contributed by atoms with Gasteiger partial charge in [-0.25, -0.2) is 15.0 Å². The Labute approximate surface area is 95.7 Å². The number of hydrogen-bond acceptors (Lipinski definition) is 5. The summed E-state index contributed by atoms with van der Waals surface area (Å²) in [6.45, 7) is 3.68. The number of nitrogens with one attached hydrogen (secondary N) is 1. The van der Waals surface area contributed by atoms with Crippen LogP contribution in [0.4, 0.5) is 0 Å². The molecule has 15 heavy (non-hydrogen) atoms. The fourth-order valence-electron chi connectivity index (χ4n) is 1.00. The number of aromatic amines is 1. The third-order valence-corrected chi connectivity index (χ3v) is 3.09. The first-order valence-corrected chi connectivity index (χ1v) is 5.40. The molecule has 1 N–H and O–H groups in total. The molecule has 0 bridgehead atoms. The zero-order chi connectivity index (χ0) is 10.8. The van der Waals surface area contributed by atoms with Gasteiger partial charge in [-0.2, -0.15) is 5.10 Å². The van der Waals surface area contributed by atoms with Crippen molar-refractivity contribution in [3.8, 4) is 0 Å². The van der Waals surface area contributed by atoms with Crippen LogP contribution in [0.5, 0.6) is 0 Å². The molecule has 0 aliphatic heterocycles. The summed E-state index contributed by atoms with van der Waals surface area (Å²) < 4.78 is 0. The van der Waals surface area contributed by atoms with Gasteiger partial charge in [-0.3, -0.25) is 5.10 Å². The SMILES string of the molecule is Cc1nc(Cl)c(C)c(Sc2ncn[nH]2)n1. The summed E-state index contributed by atoms with van der Waals surface area (Å²) >= 11 is 7.33. The molecule has 0 saturated carbocycles. The normalized spacial score (nSPS) is 10.6. The summed E-state index contributed by atoms with van der Waals surface area (Å²) in [5.74, 6) is 0.646. The van der Waals surface area contributed by atoms with Crippen molar-refractivity contribution in [2.24, 2.45) is 0 Å². The lowest BCUT2D eigenvalue weighted by Gasteiger charge is -2.04. The van der Waals surface area contributed by atoms with Crippen molar-refractivity contribution in [3.63, 3.8) is 0 Å². The number of rotatable bonds is 2. The Morgan fingerprint density at radius 1 is 1.33 bits per heavy atom. The highest BCUT2D eigenvalue weighted by atomic mass is 35.5. The molecule has 0 saturated heterocycles. The number of aromatic nitrogens is 5. The third-order valence-electron chi connectivity index (χ3n) is 1.74. The largest absolute Gasteiger partial charge is 0.254 e. The summed E-state index contributed by atoms with van der Waals surface area (Å²) in [7, 11) is 0. The number of halogens is 1. The summed E-state index contributed by atoms with van der Waals surface area (Å²) in [6, 6.07) is 0. The highest BCUT2D eigenvalue weighted by Gasteiger charge is 2.10. The van der Waals surface area contributed by atoms with Crippen molar-refractivity contribution in [3.05, 3.63) is 22.9 Å². The Balaban J connectivity index is 2.36. The smallest absolute Gasteiger partial charge is 0.189 e. The van der Waals surface area contributed by atoms with E-state index < -0.39 is 0 Å². The van der Waals surface area contributed by atoms with Crippen LogP contribution in [0.15, 0.2) is 16.5 Å². The van der Waals surface area contributed by atoms with Crippen LogP contribution in [0.3, 0.4) is 0 Å². The summed E-state index contributed by atoms with van der Waals surface area (Å²) in [4.78, 5) is 12.4. The van der Waals surface area contributed by atoms with Crippen molar-refractivity contribution >= 4 is 23.4 Å². The lowest BCUT2D eigenvalue weighted by atomic mass is 10.4. The van der Waals surface area contributed by atoms with E-state index >= 15 is 0 Å². The first kappa shape index (κ1) is 10.4. The van der Waals surface area contributed by atoms with E-state index in [2.05, 4.69) is 25.1 Å². The molecule has 0 atom stereocenters. The second kappa shape index (κ2) is 4.16. The molecule has 0 unspecified atom stereocenters. The van der Waals surface area contributed by atoms with Crippen molar-refractivity contribution in [2.75, 3.05) is 0 Å². The van der Waals surface area contributed by atoms with Gasteiger partial charge in [0, 0.05) is 5.56 Å². The number of nitrogens with zero attached hydrogens (tertiary/aromatic N) is 4. The second-order valence-electron chi connectivity index (χ2n) is 2.88. The van der Waals surface area contributed by atoms with Crippen molar-refractivity contribution in [1.82, 2.24) is 25.1 Å². The number of aryl methyl sites for hydroxylation is 1. The molecule has 78 valence electrons. The van der Waals surface area contributed by atoms with Gasteiger partial charge in [0.1, 0.15) is 22.3 Å². The number of hydrogen-bond donors (Lipinski definition) is 1. The van der Waals surface area contributed by atoms with E-state index in [0.29, 0.717) is 16.1 Å². The Morgan fingerprint density at radius 2 is 2.13 bits per heavy atom. The third kappa shape index (κ3) is 2.27. The second-order valence-corrected chi connectivity index (χ2v) is 4.22. The molecule has 0 spiro atoms. The topological polar surface area (TPSA) is 67.3 Å². The van der Waals surface area contributed by atoms with E-state index in [-0.39, 0.29) is 0 Å². The van der Waals surface area contributed by atoms with E-state index in [1.165, 1.54) is 18.1 Å². The van der Waals surface area contributed by atoms with Gasteiger partial charge in [0.15, 0.2) is 5.16 Å². The molecule has 2 aromatic heterocycles. The Bertz CT molecular complexity index is 470. The molecule has 0 fully saturated rings. The molecule has 2 aromatic rings. The van der Waals surface area contributed by atoms with E-state index in [1.807, 2.05) is 6.92 Å². The number of H-pyrrole nitrogens is 1. The van der Waals surface area contributed by atoms with E-state index in [4.69, 9.17) is 11.6 Å². The van der Waals surface area contributed by atoms with Gasteiger partial charge in [0.25, 0.3) is 0 Å². The zero-order valence-corrected chi connectivity index (χ0v) is 9.72. The Hall–Kier alpha value is -1.14. The fourth-order valence-corrected chi connectivity index (χ4v) is 2.08. The minimum Gasteiger partial charge on any atom is -0.254 e. The van der Waals surface area contributed by atoms with Gasteiger partial charge in [0.05, 0.1) is 0 Å². The molecule has 0 aliphatic rings. The first-order chi connectivity index (χ1) is 7.16. The van der Waals surface area contributed by atoms with Gasteiger partial charge in [0.2, 0.25) is 0 Å². The first-order valence-electron chi connectivity index (χ1n) is 4.21. The van der Waals surface area contributed by atoms with Crippen LogP contribution in [-0.2, 0) is 0 Å². The molecule has 0 amide bonds. The molecule has 7 heteroatoms. The summed E-state index contributed by atoms with van der Waals surface area (Å²) in [5, 5.41) is 8.47. The van der Waals surface area contributed by atoms with Gasteiger partial charge < -0.3 is 0 Å². The molecule has 5 nitrogen and oxygen atoms in total. The van der Waals surface area contributed by atoms with E-state index in [1.54, 1.807) is 6.92 Å². The standard InChI is InChI=1S/C8H8ClN5S/c1-4-6(9)12-5(2)13-7(4)15-8-10-3-11-14-8/h3H,1-2H3,(H,10,11,14). The predicted octanol–water partition coefficient (Wildman–Crippen LogP) is 2.02. The van der Waals surface area contributed by atoms with E-state index in [0.717, 1.165) is 10.6 Å². The molecule has 2 heterocycles. The lowest BCUT2D eigenvalue weighted by Crippen LogP contribution is -1.95. The lowest BCUT2D eigenvalue weighted by molar-refractivity contribution is 0.922. The van der Waals surface area contributed by atoms with Crippen molar-refractivity contribution < 1.29 is 0 Å². The van der Waals surface area contributed by atoms with Gasteiger partial charge in [-0.05, 0) is 25.6 Å². The van der Waals surface area contributed by atoms with Crippen LogP contribution in [0.2, 0.25) is 5.15 Å². The highest BCUT2D eigenvalue weighted by Crippen LogP contribution is 2.28. The van der Waals surface area contributed by atoms with Crippen LogP contribution in [-0.4, -0.2) is 25.1 Å². The average Bonchev–Trinajstić information content (AvgIpc) is 2.66.